The molecule has 47 valence electrons. The van der Waals surface area contributed by atoms with E-state index >= 15 is 0 Å². The van der Waals surface area contributed by atoms with E-state index in [-0.39, 0.29) is 39.1 Å². The predicted octanol–water partition coefficient (Wildman–Crippen LogP) is 0.627. The van der Waals surface area contributed by atoms with E-state index < -0.39 is 5.92 Å². The Morgan fingerprint density at radius 1 is 1.50 bits per heavy atom. The van der Waals surface area contributed by atoms with E-state index in [2.05, 4.69) is 6.92 Å². The summed E-state index contributed by atoms with van der Waals surface area (Å²) >= 11 is 0. The Morgan fingerprint density at radius 2 is 1.88 bits per heavy atom. The van der Waals surface area contributed by atoms with Crippen molar-refractivity contribution >= 4 is 10.2 Å². The molecule has 0 saturated carbocycles. The third-order valence-electron chi connectivity index (χ3n) is 0.616. The quantitative estimate of drug-likeness (QED) is 0.465. The van der Waals surface area contributed by atoms with Crippen LogP contribution in [0.1, 0.15) is 6.42 Å². The van der Waals surface area contributed by atoms with Gasteiger partial charge in [0.05, 0.1) is 0 Å². The Bertz CT molecular complexity index is 52.5. The van der Waals surface area contributed by atoms with Gasteiger partial charge in [0.15, 0.2) is 0 Å². The van der Waals surface area contributed by atoms with Gasteiger partial charge in [0.2, 0.25) is 0 Å². The van der Waals surface area contributed by atoms with Gasteiger partial charge < -0.3 is 0 Å². The maximum Gasteiger partial charge on any atom is 0.129 e. The van der Waals surface area contributed by atoms with Crippen molar-refractivity contribution in [2.24, 2.45) is 0 Å². The van der Waals surface area contributed by atoms with Crippen LogP contribution in [0.2, 0.25) is 6.04 Å². The molecule has 0 unspecified atom stereocenters. The van der Waals surface area contributed by atoms with Crippen molar-refractivity contribution in [3.8, 4) is 0 Å². The first-order valence-corrected chi connectivity index (χ1v) is 3.71. The molecule has 0 N–H and O–H groups in total. The van der Waals surface area contributed by atoms with Gasteiger partial charge in [-0.15, -0.1) is 0 Å². The first-order valence-electron chi connectivity index (χ1n) is 2.29. The maximum atomic E-state index is 11.6. The van der Waals surface area contributed by atoms with Crippen LogP contribution < -0.4 is 0 Å². The number of halogens is 2. The normalized spacial score (nSPS) is 10.9. The van der Waals surface area contributed by atoms with Crippen molar-refractivity contribution in [1.29, 1.82) is 0 Å². The van der Waals surface area contributed by atoms with Gasteiger partial charge >= 0.3 is 0 Å². The Morgan fingerprint density at radius 3 is 1.88 bits per heavy atom. The summed E-state index contributed by atoms with van der Waals surface area (Å²) in [6.07, 6.45) is -0.0424. The minimum Gasteiger partial charge on any atom is -0.275 e. The van der Waals surface area contributed by atoms with Crippen LogP contribution in [0.15, 0.2) is 0 Å². The van der Waals surface area contributed by atoms with Crippen molar-refractivity contribution in [3.63, 3.8) is 0 Å². The average molecular weight is 212 g/mol. The summed E-state index contributed by atoms with van der Waals surface area (Å²) in [6.45, 7) is 2.65. The molecule has 1 radical (unpaired) electrons. The van der Waals surface area contributed by atoms with Crippen molar-refractivity contribution in [1.82, 2.24) is 0 Å². The third kappa shape index (κ3) is 10.2. The molecule has 4 heteroatoms. The zero-order valence-electron chi connectivity index (χ0n) is 4.95. The summed E-state index contributed by atoms with van der Waals surface area (Å²) in [5.74, 6) is -2.66. The molecule has 0 aliphatic rings. The van der Waals surface area contributed by atoms with Crippen LogP contribution in [0.5, 0.6) is 0 Å². The number of rotatable bonds is 2. The first kappa shape index (κ1) is 11.9. The minimum atomic E-state index is -2.66. The fourth-order valence-electron chi connectivity index (χ4n) is 0.366. The standard InChI is InChI=1S/C4H9F2Si.Y/c1-4(5,6)2-3-7;/h1-3H2,7H3;/q-1;. The molecule has 8 heavy (non-hydrogen) atoms. The molecule has 0 saturated heterocycles. The van der Waals surface area contributed by atoms with Crippen molar-refractivity contribution in [2.45, 2.75) is 18.4 Å². The molecule has 0 rings (SSSR count). The number of hydrogen-bond acceptors (Lipinski definition) is 0. The van der Waals surface area contributed by atoms with Gasteiger partial charge in [-0.25, -0.2) is 8.78 Å². The predicted molar refractivity (Wildman–Crippen MR) is 29.7 cm³/mol. The molecule has 0 bridgehead atoms. The largest absolute Gasteiger partial charge is 0.275 e. The average Bonchev–Trinajstić information content (AvgIpc) is 1.30. The second-order valence-corrected chi connectivity index (χ2v) is 2.61. The maximum absolute atomic E-state index is 11.6. The first-order chi connectivity index (χ1) is 3.06. The van der Waals surface area contributed by atoms with Gasteiger partial charge in [-0.3, -0.25) is 6.92 Å². The summed E-state index contributed by atoms with van der Waals surface area (Å²) in [4.78, 5) is 0. The van der Waals surface area contributed by atoms with Gasteiger partial charge in [0.1, 0.15) is 5.92 Å². The second-order valence-electron chi connectivity index (χ2n) is 1.61. The van der Waals surface area contributed by atoms with Crippen LogP contribution in [-0.2, 0) is 32.7 Å². The van der Waals surface area contributed by atoms with Crippen LogP contribution in [0.3, 0.4) is 0 Å². The third-order valence-corrected chi connectivity index (χ3v) is 1.12. The monoisotopic (exact) mass is 212 g/mol. The van der Waals surface area contributed by atoms with E-state index in [9.17, 15) is 8.78 Å². The van der Waals surface area contributed by atoms with Crippen LogP contribution in [-0.4, -0.2) is 16.2 Å². The van der Waals surface area contributed by atoms with E-state index in [1.807, 2.05) is 0 Å². The van der Waals surface area contributed by atoms with Gasteiger partial charge in [0.25, 0.3) is 0 Å². The molecule has 0 nitrogen and oxygen atoms in total. The summed E-state index contributed by atoms with van der Waals surface area (Å²) in [5.41, 5.74) is 0. The molecule has 0 spiro atoms. The van der Waals surface area contributed by atoms with Gasteiger partial charge in [-0.1, -0.05) is 6.04 Å². The summed E-state index contributed by atoms with van der Waals surface area (Å²) in [6, 6.07) is 0.635. The van der Waals surface area contributed by atoms with Gasteiger partial charge in [-0.05, 0) is 6.42 Å². The molecule has 0 aromatic rings. The Balaban J connectivity index is 0. The Kier molecular flexibility index (Phi) is 7.45. The molecular weight excluding hydrogens is 203 g/mol. The van der Waals surface area contributed by atoms with Gasteiger partial charge in [-0.2, -0.15) is 0 Å². The fraction of sp³-hybridized carbons (Fsp3) is 0.750. The van der Waals surface area contributed by atoms with E-state index in [4.69, 9.17) is 0 Å². The zero-order valence-corrected chi connectivity index (χ0v) is 9.79. The minimum absolute atomic E-state index is 0. The van der Waals surface area contributed by atoms with Crippen molar-refractivity contribution in [3.05, 3.63) is 6.92 Å². The smallest absolute Gasteiger partial charge is 0.129 e. The van der Waals surface area contributed by atoms with Crippen LogP contribution in [0.4, 0.5) is 8.78 Å². The van der Waals surface area contributed by atoms with E-state index in [1.54, 1.807) is 0 Å². The topological polar surface area (TPSA) is 0 Å². The molecule has 0 aliphatic carbocycles. The summed E-state index contributed by atoms with van der Waals surface area (Å²) in [5, 5.41) is 0. The summed E-state index contributed by atoms with van der Waals surface area (Å²) < 4.78 is 23.3. The second kappa shape index (κ2) is 5.00. The molecule has 0 fully saturated rings. The molecule has 0 atom stereocenters. The molecule has 0 aromatic carbocycles. The zero-order chi connectivity index (χ0) is 5.91. The molecular formula is C4H9F2SiY-. The van der Waals surface area contributed by atoms with Crippen molar-refractivity contribution in [2.75, 3.05) is 0 Å². The number of alkyl halides is 2. The van der Waals surface area contributed by atoms with Crippen LogP contribution >= 0.6 is 0 Å². The fourth-order valence-corrected chi connectivity index (χ4v) is 1.10. The van der Waals surface area contributed by atoms with Crippen LogP contribution in [0.25, 0.3) is 0 Å². The number of hydrogen-bond donors (Lipinski definition) is 0. The SMILES string of the molecule is [CH2-]C(F)(F)CC[SiH3].[Y]. The van der Waals surface area contributed by atoms with E-state index in [0.29, 0.717) is 6.04 Å². The molecule has 0 aliphatic heterocycles. The van der Waals surface area contributed by atoms with Crippen molar-refractivity contribution < 1.29 is 41.5 Å². The van der Waals surface area contributed by atoms with Crippen LogP contribution in [0, 0.1) is 6.92 Å². The molecule has 0 aromatic heterocycles. The van der Waals surface area contributed by atoms with E-state index in [1.165, 1.54) is 0 Å². The Labute approximate surface area is 76.7 Å². The summed E-state index contributed by atoms with van der Waals surface area (Å²) in [7, 11) is 0.850. The molecule has 0 amide bonds. The Hall–Kier alpha value is 1.18. The van der Waals surface area contributed by atoms with Gasteiger partial charge in [0, 0.05) is 43.0 Å². The molecule has 0 heterocycles. The van der Waals surface area contributed by atoms with E-state index in [0.717, 1.165) is 10.2 Å².